The molecule has 3 aliphatic rings. The van der Waals surface area contributed by atoms with Crippen LogP contribution in [0.15, 0.2) is 0 Å². The van der Waals surface area contributed by atoms with Crippen molar-refractivity contribution in [1.29, 1.82) is 0 Å². The van der Waals surface area contributed by atoms with Crippen molar-refractivity contribution in [2.75, 3.05) is 19.6 Å². The summed E-state index contributed by atoms with van der Waals surface area (Å²) in [5.41, 5.74) is 0. The SMILES string of the molecule is CC(C)N1C2CCC1CN(C(=O)C1CC(F)(F)CN1)CC2.Cl. The van der Waals surface area contributed by atoms with Gasteiger partial charge in [-0.3, -0.25) is 15.0 Å². The number of hydrogen-bond acceptors (Lipinski definition) is 3. The van der Waals surface area contributed by atoms with Crippen molar-refractivity contribution >= 4 is 18.3 Å². The Bertz CT molecular complexity index is 422. The number of carbonyl (C=O) groups is 1. The van der Waals surface area contributed by atoms with E-state index in [4.69, 9.17) is 0 Å². The Morgan fingerprint density at radius 3 is 2.50 bits per heavy atom. The minimum Gasteiger partial charge on any atom is -0.340 e. The Hall–Kier alpha value is -0.460. The average molecular weight is 338 g/mol. The number of alkyl halides is 2. The number of likely N-dealkylation sites (tertiary alicyclic amines) is 1. The average Bonchev–Trinajstić information content (AvgIpc) is 2.88. The summed E-state index contributed by atoms with van der Waals surface area (Å²) in [5, 5.41) is 2.69. The second-order valence-electron chi connectivity index (χ2n) is 6.99. The molecule has 4 nitrogen and oxygen atoms in total. The molecule has 7 heteroatoms. The van der Waals surface area contributed by atoms with Crippen molar-refractivity contribution in [2.24, 2.45) is 0 Å². The van der Waals surface area contributed by atoms with Gasteiger partial charge in [0.2, 0.25) is 5.91 Å². The van der Waals surface area contributed by atoms with Gasteiger partial charge in [-0.05, 0) is 33.1 Å². The van der Waals surface area contributed by atoms with Crippen molar-refractivity contribution in [2.45, 2.75) is 69.6 Å². The van der Waals surface area contributed by atoms with E-state index in [-0.39, 0.29) is 31.3 Å². The van der Waals surface area contributed by atoms with Crippen LogP contribution in [0.5, 0.6) is 0 Å². The second kappa shape index (κ2) is 6.57. The smallest absolute Gasteiger partial charge is 0.262 e. The predicted octanol–water partition coefficient (Wildman–Crippen LogP) is 1.88. The molecule has 3 saturated heterocycles. The van der Waals surface area contributed by atoms with E-state index < -0.39 is 12.0 Å². The van der Waals surface area contributed by atoms with Crippen molar-refractivity contribution in [3.63, 3.8) is 0 Å². The van der Waals surface area contributed by atoms with E-state index in [1.54, 1.807) is 0 Å². The quantitative estimate of drug-likeness (QED) is 0.835. The van der Waals surface area contributed by atoms with E-state index in [1.165, 1.54) is 6.42 Å². The van der Waals surface area contributed by atoms with E-state index in [9.17, 15) is 13.6 Å². The highest BCUT2D eigenvalue weighted by Gasteiger charge is 2.45. The van der Waals surface area contributed by atoms with Crippen LogP contribution in [0.2, 0.25) is 0 Å². The zero-order chi connectivity index (χ0) is 15.2. The highest BCUT2D eigenvalue weighted by atomic mass is 35.5. The molecule has 3 heterocycles. The molecular formula is C15H26ClF2N3O. The van der Waals surface area contributed by atoms with Gasteiger partial charge in [0, 0.05) is 37.6 Å². The summed E-state index contributed by atoms with van der Waals surface area (Å²) in [5.74, 6) is -2.88. The first-order valence-electron chi connectivity index (χ1n) is 8.05. The zero-order valence-electron chi connectivity index (χ0n) is 13.2. The summed E-state index contributed by atoms with van der Waals surface area (Å²) in [6, 6.07) is 0.713. The van der Waals surface area contributed by atoms with Gasteiger partial charge < -0.3 is 4.90 Å². The fourth-order valence-corrected chi connectivity index (χ4v) is 4.26. The third-order valence-corrected chi connectivity index (χ3v) is 5.16. The van der Waals surface area contributed by atoms with Crippen LogP contribution in [0.25, 0.3) is 0 Å². The highest BCUT2D eigenvalue weighted by Crippen LogP contribution is 2.33. The summed E-state index contributed by atoms with van der Waals surface area (Å²) in [6.07, 6.45) is 2.92. The summed E-state index contributed by atoms with van der Waals surface area (Å²) < 4.78 is 26.6. The van der Waals surface area contributed by atoms with E-state index in [0.29, 0.717) is 31.2 Å². The maximum Gasteiger partial charge on any atom is 0.262 e. The summed E-state index contributed by atoms with van der Waals surface area (Å²) >= 11 is 0. The number of fused-ring (bicyclic) bond motifs is 2. The number of amides is 1. The van der Waals surface area contributed by atoms with Gasteiger partial charge in [0.05, 0.1) is 12.6 Å². The third-order valence-electron chi connectivity index (χ3n) is 5.16. The Labute approximate surface area is 137 Å². The summed E-state index contributed by atoms with van der Waals surface area (Å²) in [4.78, 5) is 16.8. The van der Waals surface area contributed by atoms with Crippen LogP contribution in [-0.4, -0.2) is 65.4 Å². The maximum absolute atomic E-state index is 13.3. The molecule has 22 heavy (non-hydrogen) atoms. The van der Waals surface area contributed by atoms with Gasteiger partial charge in [0.1, 0.15) is 0 Å². The second-order valence-corrected chi connectivity index (χ2v) is 6.99. The van der Waals surface area contributed by atoms with Gasteiger partial charge in [-0.25, -0.2) is 8.78 Å². The lowest BCUT2D eigenvalue weighted by atomic mass is 10.1. The number of rotatable bonds is 2. The van der Waals surface area contributed by atoms with Gasteiger partial charge in [0.25, 0.3) is 5.92 Å². The molecule has 1 N–H and O–H groups in total. The van der Waals surface area contributed by atoms with Gasteiger partial charge in [-0.1, -0.05) is 0 Å². The number of hydrogen-bond donors (Lipinski definition) is 1. The van der Waals surface area contributed by atoms with Crippen LogP contribution in [-0.2, 0) is 4.79 Å². The van der Waals surface area contributed by atoms with Crippen LogP contribution in [0, 0.1) is 0 Å². The summed E-state index contributed by atoms with van der Waals surface area (Å²) in [7, 11) is 0. The number of carbonyl (C=O) groups excluding carboxylic acids is 1. The molecule has 0 saturated carbocycles. The Morgan fingerprint density at radius 2 is 1.91 bits per heavy atom. The number of nitrogens with zero attached hydrogens (tertiary/aromatic N) is 2. The zero-order valence-corrected chi connectivity index (χ0v) is 14.0. The van der Waals surface area contributed by atoms with Gasteiger partial charge in [-0.15, -0.1) is 12.4 Å². The minimum atomic E-state index is -2.74. The molecule has 128 valence electrons. The Morgan fingerprint density at radius 1 is 1.23 bits per heavy atom. The fourth-order valence-electron chi connectivity index (χ4n) is 4.26. The maximum atomic E-state index is 13.3. The van der Waals surface area contributed by atoms with Crippen molar-refractivity contribution < 1.29 is 13.6 Å². The number of halogens is 3. The van der Waals surface area contributed by atoms with Gasteiger partial charge in [0.15, 0.2) is 0 Å². The molecule has 0 aliphatic carbocycles. The molecular weight excluding hydrogens is 312 g/mol. The molecule has 0 aromatic heterocycles. The van der Waals surface area contributed by atoms with Crippen LogP contribution < -0.4 is 5.32 Å². The first kappa shape index (κ1) is 17.9. The van der Waals surface area contributed by atoms with Crippen molar-refractivity contribution in [3.05, 3.63) is 0 Å². The molecule has 3 aliphatic heterocycles. The van der Waals surface area contributed by atoms with Gasteiger partial charge in [-0.2, -0.15) is 0 Å². The molecule has 0 radical (unpaired) electrons. The molecule has 0 aromatic carbocycles. The Balaban J connectivity index is 0.00000176. The molecule has 3 rings (SSSR count). The lowest BCUT2D eigenvalue weighted by molar-refractivity contribution is -0.134. The first-order chi connectivity index (χ1) is 9.87. The molecule has 0 spiro atoms. The fraction of sp³-hybridized carbons (Fsp3) is 0.933. The highest BCUT2D eigenvalue weighted by molar-refractivity contribution is 5.85. The lowest BCUT2D eigenvalue weighted by Gasteiger charge is -2.32. The van der Waals surface area contributed by atoms with E-state index in [0.717, 1.165) is 12.8 Å². The molecule has 3 atom stereocenters. The largest absolute Gasteiger partial charge is 0.340 e. The third kappa shape index (κ3) is 3.39. The topological polar surface area (TPSA) is 35.6 Å². The molecule has 3 fully saturated rings. The normalized spacial score (nSPS) is 34.6. The summed E-state index contributed by atoms with van der Waals surface area (Å²) in [6.45, 7) is 5.41. The van der Waals surface area contributed by atoms with Crippen molar-refractivity contribution in [1.82, 2.24) is 15.1 Å². The molecule has 3 unspecified atom stereocenters. The standard InChI is InChI=1S/C15H25F2N3O.ClH/c1-10(2)20-11-3-4-12(20)8-19(6-5-11)14(21)13-7-15(16,17)9-18-13;/h10-13,18H,3-9H2,1-2H3;1H. The predicted molar refractivity (Wildman–Crippen MR) is 83.6 cm³/mol. The molecule has 1 amide bonds. The van der Waals surface area contributed by atoms with E-state index in [2.05, 4.69) is 24.1 Å². The Kier molecular flexibility index (Phi) is 5.34. The number of nitrogens with one attached hydrogen (secondary N) is 1. The van der Waals surface area contributed by atoms with Crippen LogP contribution in [0.1, 0.15) is 39.5 Å². The monoisotopic (exact) mass is 337 g/mol. The van der Waals surface area contributed by atoms with Crippen LogP contribution >= 0.6 is 12.4 Å². The van der Waals surface area contributed by atoms with E-state index >= 15 is 0 Å². The van der Waals surface area contributed by atoms with Gasteiger partial charge >= 0.3 is 0 Å². The first-order valence-corrected chi connectivity index (χ1v) is 8.05. The minimum absolute atomic E-state index is 0. The lowest BCUT2D eigenvalue weighted by Crippen LogP contribution is -2.48. The van der Waals surface area contributed by atoms with Crippen LogP contribution in [0.3, 0.4) is 0 Å². The van der Waals surface area contributed by atoms with E-state index in [1.807, 2.05) is 4.90 Å². The molecule has 2 bridgehead atoms. The molecule has 0 aromatic rings. The van der Waals surface area contributed by atoms with Crippen LogP contribution in [0.4, 0.5) is 8.78 Å². The van der Waals surface area contributed by atoms with Crippen molar-refractivity contribution in [3.8, 4) is 0 Å².